The second kappa shape index (κ2) is 13.0. The van der Waals surface area contributed by atoms with Gasteiger partial charge in [-0.3, -0.25) is 15.1 Å². The first-order valence-electron chi connectivity index (χ1n) is 15.2. The first-order valence-corrected chi connectivity index (χ1v) is 15.2. The summed E-state index contributed by atoms with van der Waals surface area (Å²) in [5, 5.41) is 14.0. The van der Waals surface area contributed by atoms with Crippen LogP contribution in [-0.2, 0) is 6.54 Å². The lowest BCUT2D eigenvalue weighted by molar-refractivity contribution is 0.371. The van der Waals surface area contributed by atoms with Crippen molar-refractivity contribution in [2.75, 3.05) is 12.4 Å². The summed E-state index contributed by atoms with van der Waals surface area (Å²) in [5.74, 6) is -0.0400. The minimum Gasteiger partial charge on any atom is -0.358 e. The Morgan fingerprint density at radius 3 is 2.71 bits per heavy atom. The van der Waals surface area contributed by atoms with Gasteiger partial charge in [0.05, 0.1) is 34.7 Å². The monoisotopic (exact) mass is 606 g/mol. The van der Waals surface area contributed by atoms with E-state index in [0.29, 0.717) is 46.3 Å². The van der Waals surface area contributed by atoms with Gasteiger partial charge in [0.25, 0.3) is 0 Å². The second-order valence-electron chi connectivity index (χ2n) is 11.4. The van der Waals surface area contributed by atoms with Gasteiger partial charge in [-0.1, -0.05) is 38.2 Å². The number of H-pyrrole nitrogens is 2. The number of aromatic nitrogens is 6. The van der Waals surface area contributed by atoms with Crippen molar-refractivity contribution in [2.24, 2.45) is 5.92 Å². The van der Waals surface area contributed by atoms with E-state index in [2.05, 4.69) is 42.4 Å². The van der Waals surface area contributed by atoms with Crippen LogP contribution >= 0.6 is 0 Å². The molecule has 0 amide bonds. The molecule has 4 N–H and O–H groups in total. The Labute approximate surface area is 260 Å². The van der Waals surface area contributed by atoms with Crippen LogP contribution in [0.1, 0.15) is 55.1 Å². The topological polar surface area (TPSA) is 107 Å². The van der Waals surface area contributed by atoms with Gasteiger partial charge < -0.3 is 15.6 Å². The number of nitrogens with one attached hydrogen (secondary N) is 4. The van der Waals surface area contributed by atoms with Gasteiger partial charge in [-0.25, -0.2) is 13.8 Å². The van der Waals surface area contributed by atoms with E-state index in [0.717, 1.165) is 47.5 Å². The number of hydrogen-bond donors (Lipinski definition) is 4. The molecule has 1 aliphatic carbocycles. The average molecular weight is 607 g/mol. The highest BCUT2D eigenvalue weighted by Crippen LogP contribution is 2.36. The van der Waals surface area contributed by atoms with Gasteiger partial charge in [0.15, 0.2) is 11.6 Å². The Hall–Kier alpha value is -4.96. The summed E-state index contributed by atoms with van der Waals surface area (Å²) in [6.07, 6.45) is 15.0. The number of nitrogens with zero attached hydrogens (tertiary/aromatic N) is 4. The lowest BCUT2D eigenvalue weighted by Gasteiger charge is -2.28. The van der Waals surface area contributed by atoms with Gasteiger partial charge in [-0.15, -0.1) is 0 Å². The molecule has 1 aliphatic rings. The highest BCUT2D eigenvalue weighted by Gasteiger charge is 2.24. The maximum atomic E-state index is 16.3. The molecule has 4 heterocycles. The molecule has 4 aromatic heterocycles. The lowest BCUT2D eigenvalue weighted by atomic mass is 9.83. The molecule has 0 saturated heterocycles. The number of hydrogen-bond acceptors (Lipinski definition) is 6. The second-order valence-corrected chi connectivity index (χ2v) is 11.4. The number of benzene rings is 1. The van der Waals surface area contributed by atoms with Gasteiger partial charge in [0, 0.05) is 35.3 Å². The van der Waals surface area contributed by atoms with Crippen LogP contribution in [0.3, 0.4) is 0 Å². The Balaban J connectivity index is 1.39. The summed E-state index contributed by atoms with van der Waals surface area (Å²) in [5.41, 5.74) is 6.70. The van der Waals surface area contributed by atoms with Crippen LogP contribution in [0.4, 0.5) is 14.5 Å². The zero-order chi connectivity index (χ0) is 31.5. The highest BCUT2D eigenvalue weighted by molar-refractivity contribution is 5.94. The largest absolute Gasteiger partial charge is 0.358 e. The third-order valence-electron chi connectivity index (χ3n) is 8.11. The zero-order valence-corrected chi connectivity index (χ0v) is 25.6. The third-order valence-corrected chi connectivity index (χ3v) is 8.11. The third kappa shape index (κ3) is 6.19. The molecular formula is C35H36F2N8. The van der Waals surface area contributed by atoms with Gasteiger partial charge in [0.1, 0.15) is 17.2 Å². The van der Waals surface area contributed by atoms with Crippen molar-refractivity contribution in [1.82, 2.24) is 35.5 Å². The number of halogens is 2. The molecule has 0 spiro atoms. The molecule has 5 aromatic rings. The number of anilines is 1. The molecule has 230 valence electrons. The van der Waals surface area contributed by atoms with Crippen LogP contribution in [0.2, 0.25) is 0 Å². The van der Waals surface area contributed by atoms with Crippen molar-refractivity contribution in [3.05, 3.63) is 108 Å². The van der Waals surface area contributed by atoms with Crippen molar-refractivity contribution in [3.63, 3.8) is 0 Å². The van der Waals surface area contributed by atoms with Crippen molar-refractivity contribution >= 4 is 22.2 Å². The van der Waals surface area contributed by atoms with Gasteiger partial charge in [-0.05, 0) is 74.5 Å². The summed E-state index contributed by atoms with van der Waals surface area (Å²) < 4.78 is 31.0. The Morgan fingerprint density at radius 2 is 1.96 bits per heavy atom. The number of pyridine rings is 2. The van der Waals surface area contributed by atoms with Crippen LogP contribution in [0.25, 0.3) is 39.3 Å². The van der Waals surface area contributed by atoms with E-state index < -0.39 is 5.82 Å². The van der Waals surface area contributed by atoms with E-state index in [-0.39, 0.29) is 16.9 Å². The van der Waals surface area contributed by atoms with Gasteiger partial charge in [0.2, 0.25) is 0 Å². The predicted molar refractivity (Wildman–Crippen MR) is 175 cm³/mol. The van der Waals surface area contributed by atoms with Crippen LogP contribution in [0.5, 0.6) is 0 Å². The number of imidazole rings is 1. The van der Waals surface area contributed by atoms with Gasteiger partial charge >= 0.3 is 0 Å². The average Bonchev–Trinajstić information content (AvgIpc) is 3.58. The van der Waals surface area contributed by atoms with Crippen molar-refractivity contribution in [3.8, 4) is 22.8 Å². The number of rotatable bonds is 11. The summed E-state index contributed by atoms with van der Waals surface area (Å²) in [6, 6.07) is 6.78. The minimum absolute atomic E-state index is 0.154. The van der Waals surface area contributed by atoms with E-state index in [4.69, 9.17) is 4.98 Å². The maximum absolute atomic E-state index is 16.3. The van der Waals surface area contributed by atoms with Gasteiger partial charge in [-0.2, -0.15) is 5.10 Å². The fourth-order valence-corrected chi connectivity index (χ4v) is 5.59. The summed E-state index contributed by atoms with van der Waals surface area (Å²) in [4.78, 5) is 16.9. The van der Waals surface area contributed by atoms with Crippen molar-refractivity contribution < 1.29 is 8.78 Å². The molecule has 1 aromatic carbocycles. The molecule has 45 heavy (non-hydrogen) atoms. The van der Waals surface area contributed by atoms with E-state index >= 15 is 4.39 Å². The first-order chi connectivity index (χ1) is 21.9. The molecule has 10 heteroatoms. The molecule has 0 bridgehead atoms. The van der Waals surface area contributed by atoms with Crippen LogP contribution in [0.15, 0.2) is 73.4 Å². The van der Waals surface area contributed by atoms with E-state index in [1.54, 1.807) is 18.6 Å². The molecule has 8 nitrogen and oxygen atoms in total. The molecule has 1 saturated carbocycles. The fourth-order valence-electron chi connectivity index (χ4n) is 5.59. The van der Waals surface area contributed by atoms with Crippen molar-refractivity contribution in [2.45, 2.75) is 46.1 Å². The predicted octanol–water partition coefficient (Wildman–Crippen LogP) is 7.84. The number of aromatic amines is 2. The number of allylic oxidation sites excluding steroid dienone is 4. The van der Waals surface area contributed by atoms with Crippen molar-refractivity contribution in [1.29, 1.82) is 0 Å². The summed E-state index contributed by atoms with van der Waals surface area (Å²) in [6.45, 7) is 8.62. The van der Waals surface area contributed by atoms with Crippen LogP contribution < -0.4 is 10.6 Å². The lowest BCUT2D eigenvalue weighted by Crippen LogP contribution is -2.18. The molecule has 1 fully saturated rings. The molecule has 0 radical (unpaired) electrons. The normalized spacial score (nSPS) is 13.9. The standard InChI is InChI=1S/C35H36F2N8/c1-5-6-7-11-28(24-12-22(16-38-4)13-26(36)14-24)32-21(3)42-35(43-32)34-30-29(44-45-34)19-40-33(31(30)37)25-15-27(18-39-17-25)41-20(2)23-9-8-10-23/h6-7,11-15,17-19,23,38,41H,2,5,8-10,16H2,1,3-4H3,(H,42,43)(H,44,45)/b7-6+,28-11-. The maximum Gasteiger partial charge on any atom is 0.161 e. The zero-order valence-electron chi connectivity index (χ0n) is 25.6. The van der Waals surface area contributed by atoms with E-state index in [1.807, 2.05) is 51.3 Å². The fraction of sp³-hybridized carbons (Fsp3) is 0.257. The highest BCUT2D eigenvalue weighted by atomic mass is 19.1. The molecular weight excluding hydrogens is 570 g/mol. The minimum atomic E-state index is -0.535. The first kappa shape index (κ1) is 30.1. The SMILES string of the molecule is C=C(Nc1cncc(-c2ncc3[nH]nc(-c4nc(/C(=C\C=C\CC)c5cc(F)cc(CNC)c5)c(C)[nH]4)c3c2F)c1)C1CCC1. The number of fused-ring (bicyclic) bond motifs is 1. The van der Waals surface area contributed by atoms with Crippen LogP contribution in [-0.4, -0.2) is 37.2 Å². The summed E-state index contributed by atoms with van der Waals surface area (Å²) >= 11 is 0. The quantitative estimate of drug-likeness (QED) is 0.114. The number of aryl methyl sites for hydroxylation is 1. The smallest absolute Gasteiger partial charge is 0.161 e. The Morgan fingerprint density at radius 1 is 1.11 bits per heavy atom. The Bertz CT molecular complexity index is 1930. The van der Waals surface area contributed by atoms with Crippen LogP contribution in [0, 0.1) is 24.5 Å². The summed E-state index contributed by atoms with van der Waals surface area (Å²) in [7, 11) is 1.82. The van der Waals surface area contributed by atoms with E-state index in [9.17, 15) is 4.39 Å². The van der Waals surface area contributed by atoms with E-state index in [1.165, 1.54) is 18.6 Å². The molecule has 0 aliphatic heterocycles. The molecule has 0 unspecified atom stereocenters. The Kier molecular flexibility index (Phi) is 8.66. The molecule has 0 atom stereocenters. The molecule has 6 rings (SSSR count).